The Labute approximate surface area is 177 Å². The van der Waals surface area contributed by atoms with E-state index in [0.29, 0.717) is 42.7 Å². The predicted octanol–water partition coefficient (Wildman–Crippen LogP) is 2.75. The molecule has 1 fully saturated rings. The number of hydrogen-bond donors (Lipinski definition) is 2. The first-order chi connectivity index (χ1) is 14.3. The number of likely N-dealkylation sites (tertiary alicyclic amines) is 1. The lowest BCUT2D eigenvalue weighted by Crippen LogP contribution is -2.46. The largest absolute Gasteiger partial charge is 0.378 e. The molecule has 3 amide bonds. The predicted molar refractivity (Wildman–Crippen MR) is 118 cm³/mol. The van der Waals surface area contributed by atoms with E-state index in [2.05, 4.69) is 10.6 Å². The number of hydrogen-bond acceptors (Lipinski definition) is 4. The maximum Gasteiger partial charge on any atom is 0.253 e. The highest BCUT2D eigenvalue weighted by Gasteiger charge is 2.25. The second-order valence-corrected chi connectivity index (χ2v) is 7.74. The summed E-state index contributed by atoms with van der Waals surface area (Å²) in [5.74, 6) is -0.327. The van der Waals surface area contributed by atoms with Gasteiger partial charge in [-0.2, -0.15) is 0 Å². The molecule has 0 atom stereocenters. The molecule has 0 bridgehead atoms. The average molecular weight is 409 g/mol. The van der Waals surface area contributed by atoms with E-state index >= 15 is 0 Å². The molecule has 7 heteroatoms. The maximum absolute atomic E-state index is 12.8. The van der Waals surface area contributed by atoms with Crippen molar-refractivity contribution < 1.29 is 14.4 Å². The molecule has 0 spiro atoms. The van der Waals surface area contributed by atoms with Crippen LogP contribution in [0.4, 0.5) is 11.4 Å². The standard InChI is InChI=1S/C23H28N4O3/c1-16(28)24-20-6-4-5-18(15-20)23(30)27-13-11-19(12-14-27)25-22(29)17-7-9-21(10-8-17)26(2)3/h4-10,15,19H,11-14H2,1-3H3,(H,24,28)(H,25,29). The van der Waals surface area contributed by atoms with Gasteiger partial charge in [0, 0.05) is 62.7 Å². The van der Waals surface area contributed by atoms with Crippen molar-refractivity contribution in [2.45, 2.75) is 25.8 Å². The number of nitrogens with zero attached hydrogens (tertiary/aromatic N) is 2. The van der Waals surface area contributed by atoms with E-state index in [9.17, 15) is 14.4 Å². The van der Waals surface area contributed by atoms with Crippen LogP contribution in [-0.4, -0.2) is 55.8 Å². The van der Waals surface area contributed by atoms with Crippen LogP contribution >= 0.6 is 0 Å². The molecule has 0 unspecified atom stereocenters. The van der Waals surface area contributed by atoms with E-state index in [0.717, 1.165) is 5.69 Å². The molecule has 30 heavy (non-hydrogen) atoms. The van der Waals surface area contributed by atoms with Crippen LogP contribution in [-0.2, 0) is 4.79 Å². The van der Waals surface area contributed by atoms with Crippen molar-refractivity contribution in [2.24, 2.45) is 0 Å². The Kier molecular flexibility index (Phi) is 6.72. The van der Waals surface area contributed by atoms with Gasteiger partial charge < -0.3 is 20.4 Å². The molecule has 0 radical (unpaired) electrons. The Hall–Kier alpha value is -3.35. The van der Waals surface area contributed by atoms with Gasteiger partial charge in [0.05, 0.1) is 0 Å². The van der Waals surface area contributed by atoms with Crippen molar-refractivity contribution in [3.63, 3.8) is 0 Å². The van der Waals surface area contributed by atoms with Crippen LogP contribution < -0.4 is 15.5 Å². The van der Waals surface area contributed by atoms with E-state index in [1.165, 1.54) is 6.92 Å². The molecule has 2 N–H and O–H groups in total. The molecule has 1 saturated heterocycles. The van der Waals surface area contributed by atoms with Crippen LogP contribution in [0.3, 0.4) is 0 Å². The van der Waals surface area contributed by atoms with Crippen molar-refractivity contribution in [2.75, 3.05) is 37.4 Å². The van der Waals surface area contributed by atoms with Crippen molar-refractivity contribution in [3.05, 3.63) is 59.7 Å². The second kappa shape index (κ2) is 9.43. The highest BCUT2D eigenvalue weighted by atomic mass is 16.2. The van der Waals surface area contributed by atoms with Crippen molar-refractivity contribution in [3.8, 4) is 0 Å². The molecule has 2 aromatic rings. The third-order valence-corrected chi connectivity index (χ3v) is 5.19. The minimum Gasteiger partial charge on any atom is -0.378 e. The van der Waals surface area contributed by atoms with Gasteiger partial charge >= 0.3 is 0 Å². The number of benzene rings is 2. The number of carbonyl (C=O) groups excluding carboxylic acids is 3. The highest BCUT2D eigenvalue weighted by Crippen LogP contribution is 2.18. The minimum absolute atomic E-state index is 0.0424. The molecule has 1 aliphatic heterocycles. The summed E-state index contributed by atoms with van der Waals surface area (Å²) >= 11 is 0. The molecule has 1 aliphatic rings. The highest BCUT2D eigenvalue weighted by molar-refractivity contribution is 5.97. The molecular weight excluding hydrogens is 380 g/mol. The molecule has 7 nitrogen and oxygen atoms in total. The first kappa shape index (κ1) is 21.4. The van der Waals surface area contributed by atoms with Crippen molar-refractivity contribution >= 4 is 29.1 Å². The van der Waals surface area contributed by atoms with E-state index in [1.807, 2.05) is 43.3 Å². The monoisotopic (exact) mass is 408 g/mol. The van der Waals surface area contributed by atoms with Gasteiger partial charge in [0.25, 0.3) is 11.8 Å². The molecular formula is C23H28N4O3. The molecule has 1 heterocycles. The lowest BCUT2D eigenvalue weighted by Gasteiger charge is -2.32. The molecule has 0 aliphatic carbocycles. The first-order valence-electron chi connectivity index (χ1n) is 10.1. The summed E-state index contributed by atoms with van der Waals surface area (Å²) in [6.45, 7) is 2.59. The Morgan fingerprint density at radius 2 is 1.63 bits per heavy atom. The third kappa shape index (κ3) is 5.37. The van der Waals surface area contributed by atoms with Gasteiger partial charge in [-0.1, -0.05) is 6.07 Å². The lowest BCUT2D eigenvalue weighted by atomic mass is 10.0. The number of piperidine rings is 1. The van der Waals surface area contributed by atoms with Crippen LogP contribution in [0.2, 0.25) is 0 Å². The summed E-state index contributed by atoms with van der Waals surface area (Å²) in [5, 5.41) is 5.77. The zero-order valence-electron chi connectivity index (χ0n) is 17.6. The lowest BCUT2D eigenvalue weighted by molar-refractivity contribution is -0.114. The van der Waals surface area contributed by atoms with Crippen LogP contribution in [0.15, 0.2) is 48.5 Å². The smallest absolute Gasteiger partial charge is 0.253 e. The van der Waals surface area contributed by atoms with Gasteiger partial charge in [-0.05, 0) is 55.3 Å². The summed E-state index contributed by atoms with van der Waals surface area (Å²) in [6.07, 6.45) is 1.41. The van der Waals surface area contributed by atoms with Crippen LogP contribution in [0.25, 0.3) is 0 Å². The third-order valence-electron chi connectivity index (χ3n) is 5.19. The van der Waals surface area contributed by atoms with E-state index < -0.39 is 0 Å². The normalized spacial score (nSPS) is 14.2. The Morgan fingerprint density at radius 1 is 0.967 bits per heavy atom. The molecule has 2 aromatic carbocycles. The number of nitrogens with one attached hydrogen (secondary N) is 2. The van der Waals surface area contributed by atoms with Gasteiger partial charge in [0.15, 0.2) is 0 Å². The van der Waals surface area contributed by atoms with Crippen molar-refractivity contribution in [1.82, 2.24) is 10.2 Å². The summed E-state index contributed by atoms with van der Waals surface area (Å²) < 4.78 is 0. The van der Waals surface area contributed by atoms with E-state index in [-0.39, 0.29) is 23.8 Å². The van der Waals surface area contributed by atoms with Gasteiger partial charge in [-0.3, -0.25) is 14.4 Å². The summed E-state index contributed by atoms with van der Waals surface area (Å²) in [6, 6.07) is 14.5. The van der Waals surface area contributed by atoms with Crippen LogP contribution in [0.1, 0.15) is 40.5 Å². The van der Waals surface area contributed by atoms with Gasteiger partial charge in [-0.25, -0.2) is 0 Å². The SMILES string of the molecule is CC(=O)Nc1cccc(C(=O)N2CCC(NC(=O)c3ccc(N(C)C)cc3)CC2)c1. The van der Waals surface area contributed by atoms with Gasteiger partial charge in [-0.15, -0.1) is 0 Å². The van der Waals surface area contributed by atoms with Crippen molar-refractivity contribution in [1.29, 1.82) is 0 Å². The summed E-state index contributed by atoms with van der Waals surface area (Å²) in [5.41, 5.74) is 2.83. The Bertz CT molecular complexity index is 916. The van der Waals surface area contributed by atoms with E-state index in [4.69, 9.17) is 0 Å². The average Bonchev–Trinajstić information content (AvgIpc) is 2.73. The number of carbonyl (C=O) groups is 3. The van der Waals surface area contributed by atoms with E-state index in [1.54, 1.807) is 29.2 Å². The number of amides is 3. The quantitative estimate of drug-likeness (QED) is 0.797. The van der Waals surface area contributed by atoms with Crippen LogP contribution in [0, 0.1) is 0 Å². The van der Waals surface area contributed by atoms with Crippen LogP contribution in [0.5, 0.6) is 0 Å². The number of anilines is 2. The molecule has 3 rings (SSSR count). The zero-order valence-corrected chi connectivity index (χ0v) is 17.6. The molecule has 0 saturated carbocycles. The minimum atomic E-state index is -0.174. The molecule has 158 valence electrons. The first-order valence-corrected chi connectivity index (χ1v) is 10.1. The summed E-state index contributed by atoms with van der Waals surface area (Å²) in [7, 11) is 3.92. The fourth-order valence-electron chi connectivity index (χ4n) is 3.52. The molecule has 0 aromatic heterocycles. The fourth-order valence-corrected chi connectivity index (χ4v) is 3.52. The topological polar surface area (TPSA) is 81.8 Å². The van der Waals surface area contributed by atoms with Gasteiger partial charge in [0.2, 0.25) is 5.91 Å². The fraction of sp³-hybridized carbons (Fsp3) is 0.348. The number of rotatable bonds is 5. The second-order valence-electron chi connectivity index (χ2n) is 7.74. The summed E-state index contributed by atoms with van der Waals surface area (Å²) in [4.78, 5) is 40.3. The Morgan fingerprint density at radius 3 is 2.23 bits per heavy atom. The zero-order chi connectivity index (χ0) is 21.7. The van der Waals surface area contributed by atoms with Gasteiger partial charge in [0.1, 0.15) is 0 Å². The maximum atomic E-state index is 12.8. The Balaban J connectivity index is 1.53.